The van der Waals surface area contributed by atoms with Crippen molar-refractivity contribution in [3.63, 3.8) is 0 Å². The van der Waals surface area contributed by atoms with Crippen molar-refractivity contribution in [2.75, 3.05) is 31.4 Å². The van der Waals surface area contributed by atoms with Gasteiger partial charge in [0.25, 0.3) is 0 Å². The number of aromatic nitrogens is 2. The molecule has 0 aliphatic heterocycles. The van der Waals surface area contributed by atoms with Gasteiger partial charge in [0.1, 0.15) is 5.69 Å². The van der Waals surface area contributed by atoms with E-state index in [9.17, 15) is 0 Å². The second kappa shape index (κ2) is 6.56. The van der Waals surface area contributed by atoms with Gasteiger partial charge in [0.2, 0.25) is 5.88 Å². The van der Waals surface area contributed by atoms with E-state index >= 15 is 0 Å². The van der Waals surface area contributed by atoms with Crippen molar-refractivity contribution in [2.24, 2.45) is 0 Å². The number of nitrogens with one attached hydrogen (secondary N) is 1. The van der Waals surface area contributed by atoms with Crippen molar-refractivity contribution in [1.29, 1.82) is 0 Å². The highest BCUT2D eigenvalue weighted by Gasteiger charge is 2.11. The molecule has 2 aromatic rings. The zero-order chi connectivity index (χ0) is 14.5. The van der Waals surface area contributed by atoms with E-state index in [1.54, 1.807) is 19.5 Å². The number of hydrogen-bond donors (Lipinski definition) is 1. The van der Waals surface area contributed by atoms with Gasteiger partial charge in [0.15, 0.2) is 0 Å². The zero-order valence-corrected chi connectivity index (χ0v) is 13.3. The lowest BCUT2D eigenvalue weighted by atomic mass is 10.2. The first-order chi connectivity index (χ1) is 9.61. The van der Waals surface area contributed by atoms with Crippen LogP contribution in [0, 0.1) is 0 Å². The molecule has 2 rings (SSSR count). The van der Waals surface area contributed by atoms with Gasteiger partial charge >= 0.3 is 0 Å². The van der Waals surface area contributed by atoms with Crippen molar-refractivity contribution >= 4 is 27.3 Å². The minimum absolute atomic E-state index is 0.583. The van der Waals surface area contributed by atoms with Gasteiger partial charge < -0.3 is 15.0 Å². The molecule has 0 fully saturated rings. The third-order valence-electron chi connectivity index (χ3n) is 2.80. The van der Waals surface area contributed by atoms with E-state index in [1.165, 1.54) is 0 Å². The summed E-state index contributed by atoms with van der Waals surface area (Å²) in [5, 5.41) is 3.37. The van der Waals surface area contributed by atoms with Crippen molar-refractivity contribution in [2.45, 2.75) is 6.54 Å². The number of pyridine rings is 2. The van der Waals surface area contributed by atoms with E-state index in [1.807, 2.05) is 37.3 Å². The maximum atomic E-state index is 5.32. The van der Waals surface area contributed by atoms with Crippen LogP contribution in [0.1, 0.15) is 5.56 Å². The molecule has 0 amide bonds. The molecule has 0 saturated heterocycles. The molecule has 0 spiro atoms. The zero-order valence-electron chi connectivity index (χ0n) is 11.7. The van der Waals surface area contributed by atoms with Crippen molar-refractivity contribution in [1.82, 2.24) is 9.97 Å². The molecule has 0 aliphatic carbocycles. The summed E-state index contributed by atoms with van der Waals surface area (Å²) in [7, 11) is 5.59. The summed E-state index contributed by atoms with van der Waals surface area (Å²) in [6, 6.07) is 3.97. The Morgan fingerprint density at radius 3 is 2.80 bits per heavy atom. The Bertz CT molecular complexity index is 589. The summed E-state index contributed by atoms with van der Waals surface area (Å²) in [5.41, 5.74) is 2.98. The van der Waals surface area contributed by atoms with E-state index in [4.69, 9.17) is 4.74 Å². The normalized spacial score (nSPS) is 10.2. The highest BCUT2D eigenvalue weighted by atomic mass is 79.9. The van der Waals surface area contributed by atoms with Crippen LogP contribution >= 0.6 is 15.9 Å². The standard InChI is InChI=1S/C14H17BrN4O/c1-19(2)12-4-5-17-14(20-3)13(12)18-8-10-6-11(15)9-16-7-10/h4-7,9,18H,8H2,1-3H3. The summed E-state index contributed by atoms with van der Waals surface area (Å²) >= 11 is 3.42. The van der Waals surface area contributed by atoms with Crippen LogP contribution in [0.5, 0.6) is 5.88 Å². The number of nitrogens with zero attached hydrogens (tertiary/aromatic N) is 3. The van der Waals surface area contributed by atoms with Crippen LogP contribution in [0.25, 0.3) is 0 Å². The quantitative estimate of drug-likeness (QED) is 0.909. The predicted octanol–water partition coefficient (Wildman–Crippen LogP) is 2.93. The summed E-state index contributed by atoms with van der Waals surface area (Å²) in [5.74, 6) is 0.583. The maximum Gasteiger partial charge on any atom is 0.239 e. The SMILES string of the molecule is COc1nccc(N(C)C)c1NCc1cncc(Br)c1. The minimum atomic E-state index is 0.583. The molecule has 6 heteroatoms. The predicted molar refractivity (Wildman–Crippen MR) is 84.4 cm³/mol. The molecule has 0 aliphatic rings. The fraction of sp³-hybridized carbons (Fsp3) is 0.286. The highest BCUT2D eigenvalue weighted by molar-refractivity contribution is 9.10. The number of halogens is 1. The Morgan fingerprint density at radius 1 is 1.35 bits per heavy atom. The lowest BCUT2D eigenvalue weighted by Crippen LogP contribution is -2.13. The fourth-order valence-electron chi connectivity index (χ4n) is 1.87. The molecule has 1 N–H and O–H groups in total. The summed E-state index contributed by atoms with van der Waals surface area (Å²) in [4.78, 5) is 10.4. The Labute approximate surface area is 127 Å². The molecule has 0 atom stereocenters. The van der Waals surface area contributed by atoms with Gasteiger partial charge in [-0.25, -0.2) is 4.98 Å². The van der Waals surface area contributed by atoms with Crippen molar-refractivity contribution in [3.8, 4) is 5.88 Å². The van der Waals surface area contributed by atoms with Gasteiger partial charge in [-0.1, -0.05) is 0 Å². The Kier molecular flexibility index (Phi) is 4.79. The monoisotopic (exact) mass is 336 g/mol. The molecule has 0 aromatic carbocycles. The first-order valence-electron chi connectivity index (χ1n) is 6.15. The van der Waals surface area contributed by atoms with Crippen LogP contribution in [0.2, 0.25) is 0 Å². The average molecular weight is 337 g/mol. The van der Waals surface area contributed by atoms with E-state index in [-0.39, 0.29) is 0 Å². The lowest BCUT2D eigenvalue weighted by molar-refractivity contribution is 0.400. The molecule has 106 valence electrons. The fourth-order valence-corrected chi connectivity index (χ4v) is 2.28. The van der Waals surface area contributed by atoms with Gasteiger partial charge in [-0.2, -0.15) is 0 Å². The molecule has 0 radical (unpaired) electrons. The number of rotatable bonds is 5. The van der Waals surface area contributed by atoms with E-state index < -0.39 is 0 Å². The second-order valence-corrected chi connectivity index (χ2v) is 5.39. The Morgan fingerprint density at radius 2 is 2.15 bits per heavy atom. The third kappa shape index (κ3) is 3.39. The first-order valence-corrected chi connectivity index (χ1v) is 6.94. The number of hydrogen-bond acceptors (Lipinski definition) is 5. The maximum absolute atomic E-state index is 5.32. The average Bonchev–Trinajstić information content (AvgIpc) is 2.44. The molecule has 5 nitrogen and oxygen atoms in total. The van der Waals surface area contributed by atoms with E-state index in [0.29, 0.717) is 12.4 Å². The van der Waals surface area contributed by atoms with Crippen LogP contribution in [0.3, 0.4) is 0 Å². The van der Waals surface area contributed by atoms with Crippen LogP contribution in [-0.2, 0) is 6.54 Å². The van der Waals surface area contributed by atoms with Gasteiger partial charge in [0.05, 0.1) is 12.8 Å². The number of ether oxygens (including phenoxy) is 1. The van der Waals surface area contributed by atoms with Gasteiger partial charge in [0, 0.05) is 43.7 Å². The molecular formula is C14H17BrN4O. The summed E-state index contributed by atoms with van der Waals surface area (Å²) < 4.78 is 6.28. The lowest BCUT2D eigenvalue weighted by Gasteiger charge is -2.20. The molecule has 0 unspecified atom stereocenters. The highest BCUT2D eigenvalue weighted by Crippen LogP contribution is 2.32. The molecule has 2 heterocycles. The van der Waals surface area contributed by atoms with E-state index in [2.05, 4.69) is 31.2 Å². The Hall–Kier alpha value is -1.82. The molecular weight excluding hydrogens is 320 g/mol. The minimum Gasteiger partial charge on any atom is -0.479 e. The number of anilines is 2. The van der Waals surface area contributed by atoms with Crippen LogP contribution in [-0.4, -0.2) is 31.2 Å². The van der Waals surface area contributed by atoms with Crippen molar-refractivity contribution < 1.29 is 4.74 Å². The molecule has 2 aromatic heterocycles. The van der Waals surface area contributed by atoms with Gasteiger partial charge in [-0.3, -0.25) is 4.98 Å². The Balaban J connectivity index is 2.24. The second-order valence-electron chi connectivity index (χ2n) is 4.47. The van der Waals surface area contributed by atoms with Crippen LogP contribution in [0.15, 0.2) is 35.2 Å². The number of methoxy groups -OCH3 is 1. The van der Waals surface area contributed by atoms with Gasteiger partial charge in [-0.05, 0) is 33.6 Å². The molecule has 0 saturated carbocycles. The third-order valence-corrected chi connectivity index (χ3v) is 3.23. The van der Waals surface area contributed by atoms with Crippen molar-refractivity contribution in [3.05, 3.63) is 40.8 Å². The molecule has 0 bridgehead atoms. The molecule has 20 heavy (non-hydrogen) atoms. The topological polar surface area (TPSA) is 50.3 Å². The largest absolute Gasteiger partial charge is 0.479 e. The van der Waals surface area contributed by atoms with Crippen LogP contribution < -0.4 is 15.0 Å². The van der Waals surface area contributed by atoms with Gasteiger partial charge in [-0.15, -0.1) is 0 Å². The summed E-state index contributed by atoms with van der Waals surface area (Å²) in [6.45, 7) is 0.648. The van der Waals surface area contributed by atoms with E-state index in [0.717, 1.165) is 21.4 Å². The smallest absolute Gasteiger partial charge is 0.239 e. The first kappa shape index (κ1) is 14.6. The summed E-state index contributed by atoms with van der Waals surface area (Å²) in [6.07, 6.45) is 5.33. The van der Waals surface area contributed by atoms with Crippen LogP contribution in [0.4, 0.5) is 11.4 Å².